The van der Waals surface area contributed by atoms with Gasteiger partial charge < -0.3 is 4.90 Å². The van der Waals surface area contributed by atoms with Crippen molar-refractivity contribution in [2.24, 2.45) is 0 Å². The summed E-state index contributed by atoms with van der Waals surface area (Å²) in [5.41, 5.74) is 1.42. The highest BCUT2D eigenvalue weighted by Crippen LogP contribution is 2.16. The second kappa shape index (κ2) is 3.58. The predicted octanol–water partition coefficient (Wildman–Crippen LogP) is 1.89. The third-order valence-electron chi connectivity index (χ3n) is 2.31. The first-order chi connectivity index (χ1) is 6.66. The molecule has 2 heterocycles. The number of rotatable bonds is 1. The van der Waals surface area contributed by atoms with E-state index in [1.807, 2.05) is 11.8 Å². The molecule has 0 saturated carbocycles. The lowest BCUT2D eigenvalue weighted by Crippen LogP contribution is -2.42. The molecular formula is C10H11ClN2O. The average Bonchev–Trinajstić information content (AvgIpc) is 1.98. The smallest absolute Gasteiger partial charge is 0.254 e. The molecule has 4 heteroatoms. The molecule has 0 radical (unpaired) electrons. The van der Waals surface area contributed by atoms with Crippen LogP contribution in [0.2, 0.25) is 5.15 Å². The molecule has 0 aromatic carbocycles. The minimum absolute atomic E-state index is 0.0589. The molecule has 0 bridgehead atoms. The molecule has 2 rings (SSSR count). The van der Waals surface area contributed by atoms with Gasteiger partial charge in [0.1, 0.15) is 5.15 Å². The van der Waals surface area contributed by atoms with Gasteiger partial charge in [0.2, 0.25) is 0 Å². The van der Waals surface area contributed by atoms with Crippen LogP contribution in [0.15, 0.2) is 12.1 Å². The standard InChI is InChI=1S/C10H11ClN2O/c1-7-5-8(6-9(11)12-7)10(14)13-3-2-4-13/h5-6H,2-4H2,1H3. The highest BCUT2D eigenvalue weighted by Gasteiger charge is 2.21. The van der Waals surface area contributed by atoms with E-state index >= 15 is 0 Å². The molecule has 0 spiro atoms. The van der Waals surface area contributed by atoms with Crippen molar-refractivity contribution in [1.29, 1.82) is 0 Å². The molecule has 0 N–H and O–H groups in total. The first-order valence-electron chi connectivity index (χ1n) is 4.60. The second-order valence-corrected chi connectivity index (χ2v) is 3.85. The zero-order chi connectivity index (χ0) is 10.1. The lowest BCUT2D eigenvalue weighted by Gasteiger charge is -2.30. The fourth-order valence-electron chi connectivity index (χ4n) is 1.45. The molecule has 1 aliphatic rings. The second-order valence-electron chi connectivity index (χ2n) is 3.47. The Kier molecular flexibility index (Phi) is 2.42. The van der Waals surface area contributed by atoms with E-state index in [1.54, 1.807) is 12.1 Å². The molecular weight excluding hydrogens is 200 g/mol. The Hall–Kier alpha value is -1.09. The van der Waals surface area contributed by atoms with E-state index in [1.165, 1.54) is 0 Å². The fourth-order valence-corrected chi connectivity index (χ4v) is 1.70. The molecule has 1 fully saturated rings. The minimum atomic E-state index is 0.0589. The Labute approximate surface area is 87.7 Å². The van der Waals surface area contributed by atoms with Gasteiger partial charge in [-0.05, 0) is 25.5 Å². The summed E-state index contributed by atoms with van der Waals surface area (Å²) in [6.45, 7) is 3.55. The van der Waals surface area contributed by atoms with Gasteiger partial charge in [0.15, 0.2) is 0 Å². The molecule has 0 unspecified atom stereocenters. The van der Waals surface area contributed by atoms with Crippen molar-refractivity contribution in [2.45, 2.75) is 13.3 Å². The van der Waals surface area contributed by atoms with Crippen molar-refractivity contribution in [2.75, 3.05) is 13.1 Å². The predicted molar refractivity (Wildman–Crippen MR) is 54.5 cm³/mol. The van der Waals surface area contributed by atoms with Crippen LogP contribution in [0, 0.1) is 6.92 Å². The zero-order valence-electron chi connectivity index (χ0n) is 7.96. The van der Waals surface area contributed by atoms with Gasteiger partial charge in [0, 0.05) is 24.3 Å². The van der Waals surface area contributed by atoms with Crippen molar-refractivity contribution in [3.05, 3.63) is 28.5 Å². The summed E-state index contributed by atoms with van der Waals surface area (Å²) in [5.74, 6) is 0.0589. The maximum Gasteiger partial charge on any atom is 0.254 e. The number of aryl methyl sites for hydroxylation is 1. The monoisotopic (exact) mass is 210 g/mol. The summed E-state index contributed by atoms with van der Waals surface area (Å²) >= 11 is 5.78. The molecule has 1 amide bonds. The summed E-state index contributed by atoms with van der Waals surface area (Å²) in [6, 6.07) is 3.39. The molecule has 1 aromatic heterocycles. The lowest BCUT2D eigenvalue weighted by molar-refractivity contribution is 0.0651. The van der Waals surface area contributed by atoms with Gasteiger partial charge in [-0.1, -0.05) is 11.6 Å². The van der Waals surface area contributed by atoms with E-state index in [4.69, 9.17) is 11.6 Å². The van der Waals surface area contributed by atoms with Crippen LogP contribution in [0.25, 0.3) is 0 Å². The quantitative estimate of drug-likeness (QED) is 0.664. The van der Waals surface area contributed by atoms with Gasteiger partial charge in [0.25, 0.3) is 5.91 Å². The third-order valence-corrected chi connectivity index (χ3v) is 2.51. The first kappa shape index (κ1) is 9.46. The molecule has 0 atom stereocenters. The van der Waals surface area contributed by atoms with Crippen LogP contribution in [0.4, 0.5) is 0 Å². The minimum Gasteiger partial charge on any atom is -0.339 e. The number of hydrogen-bond donors (Lipinski definition) is 0. The molecule has 0 aliphatic carbocycles. The molecule has 1 aromatic rings. The summed E-state index contributed by atoms with van der Waals surface area (Å²) < 4.78 is 0. The Morgan fingerprint density at radius 3 is 2.71 bits per heavy atom. The van der Waals surface area contributed by atoms with E-state index in [0.717, 1.165) is 25.2 Å². The largest absolute Gasteiger partial charge is 0.339 e. The number of halogens is 1. The van der Waals surface area contributed by atoms with Crippen molar-refractivity contribution in [3.63, 3.8) is 0 Å². The Morgan fingerprint density at radius 1 is 1.50 bits per heavy atom. The van der Waals surface area contributed by atoms with E-state index in [0.29, 0.717) is 10.7 Å². The third kappa shape index (κ3) is 1.73. The van der Waals surface area contributed by atoms with Crippen molar-refractivity contribution in [3.8, 4) is 0 Å². The van der Waals surface area contributed by atoms with Gasteiger partial charge in [-0.25, -0.2) is 4.98 Å². The molecule has 1 aliphatic heterocycles. The van der Waals surface area contributed by atoms with E-state index in [9.17, 15) is 4.79 Å². The van der Waals surface area contributed by atoms with E-state index in [-0.39, 0.29) is 5.91 Å². The van der Waals surface area contributed by atoms with Gasteiger partial charge in [0.05, 0.1) is 0 Å². The van der Waals surface area contributed by atoms with Crippen LogP contribution in [-0.2, 0) is 0 Å². The van der Waals surface area contributed by atoms with Crippen LogP contribution in [0.1, 0.15) is 22.5 Å². The highest BCUT2D eigenvalue weighted by molar-refractivity contribution is 6.29. The molecule has 3 nitrogen and oxygen atoms in total. The van der Waals surface area contributed by atoms with E-state index in [2.05, 4.69) is 4.98 Å². The Balaban J connectivity index is 2.26. The van der Waals surface area contributed by atoms with Gasteiger partial charge in [-0.3, -0.25) is 4.79 Å². The first-order valence-corrected chi connectivity index (χ1v) is 4.98. The van der Waals surface area contributed by atoms with Crippen molar-refractivity contribution >= 4 is 17.5 Å². The number of hydrogen-bond acceptors (Lipinski definition) is 2. The Bertz CT molecular complexity index is 354. The number of nitrogens with zero attached hydrogens (tertiary/aromatic N) is 2. The number of amides is 1. The number of aromatic nitrogens is 1. The Morgan fingerprint density at radius 2 is 2.21 bits per heavy atom. The molecule has 1 saturated heterocycles. The normalized spacial score (nSPS) is 15.1. The van der Waals surface area contributed by atoms with Crippen LogP contribution in [-0.4, -0.2) is 28.9 Å². The summed E-state index contributed by atoms with van der Waals surface area (Å²) in [5, 5.41) is 0.383. The summed E-state index contributed by atoms with van der Waals surface area (Å²) in [6.07, 6.45) is 1.10. The lowest BCUT2D eigenvalue weighted by atomic mass is 10.1. The van der Waals surface area contributed by atoms with Crippen LogP contribution in [0.5, 0.6) is 0 Å². The number of likely N-dealkylation sites (tertiary alicyclic amines) is 1. The van der Waals surface area contributed by atoms with Crippen molar-refractivity contribution in [1.82, 2.24) is 9.88 Å². The summed E-state index contributed by atoms with van der Waals surface area (Å²) in [7, 11) is 0. The fraction of sp³-hybridized carbons (Fsp3) is 0.400. The van der Waals surface area contributed by atoms with Gasteiger partial charge >= 0.3 is 0 Å². The summed E-state index contributed by atoms with van der Waals surface area (Å²) in [4.78, 5) is 17.6. The van der Waals surface area contributed by atoms with Crippen molar-refractivity contribution < 1.29 is 4.79 Å². The molecule has 74 valence electrons. The maximum absolute atomic E-state index is 11.8. The van der Waals surface area contributed by atoms with Crippen LogP contribution in [0.3, 0.4) is 0 Å². The number of pyridine rings is 1. The van der Waals surface area contributed by atoms with Crippen LogP contribution < -0.4 is 0 Å². The zero-order valence-corrected chi connectivity index (χ0v) is 8.71. The highest BCUT2D eigenvalue weighted by atomic mass is 35.5. The van der Waals surface area contributed by atoms with E-state index < -0.39 is 0 Å². The maximum atomic E-state index is 11.8. The topological polar surface area (TPSA) is 33.2 Å². The average molecular weight is 211 g/mol. The van der Waals surface area contributed by atoms with Crippen LogP contribution >= 0.6 is 11.6 Å². The van der Waals surface area contributed by atoms with Gasteiger partial charge in [-0.15, -0.1) is 0 Å². The SMILES string of the molecule is Cc1cc(C(=O)N2CCC2)cc(Cl)n1. The molecule has 14 heavy (non-hydrogen) atoms. The number of carbonyl (C=O) groups is 1. The number of carbonyl (C=O) groups excluding carboxylic acids is 1. The van der Waals surface area contributed by atoms with Gasteiger partial charge in [-0.2, -0.15) is 0 Å².